The van der Waals surface area contributed by atoms with E-state index in [1.165, 1.54) is 0 Å². The number of nitrogens with zero attached hydrogens (tertiary/aromatic N) is 2. The number of nitrogen functional groups attached to an aromatic ring is 1. The highest BCUT2D eigenvalue weighted by Crippen LogP contribution is 2.12. The number of carbonyl (C=O) groups excluding carboxylic acids is 1. The zero-order valence-corrected chi connectivity index (χ0v) is 9.55. The molecule has 17 heavy (non-hydrogen) atoms. The number of rotatable bonds is 3. The number of para-hydroxylation sites is 1. The minimum Gasteiger partial charge on any atom is -0.398 e. The molecular weight excluding hydrogens is 216 g/mol. The molecule has 1 aromatic heterocycles. The van der Waals surface area contributed by atoms with Gasteiger partial charge in [-0.05, 0) is 11.6 Å². The molecule has 5 nitrogen and oxygen atoms in total. The number of hydrogen-bond acceptors (Lipinski definition) is 3. The summed E-state index contributed by atoms with van der Waals surface area (Å²) in [6.45, 7) is 0. The van der Waals surface area contributed by atoms with Crippen LogP contribution >= 0.6 is 0 Å². The van der Waals surface area contributed by atoms with Gasteiger partial charge in [0, 0.05) is 18.8 Å². The summed E-state index contributed by atoms with van der Waals surface area (Å²) in [4.78, 5) is 11.8. The maximum atomic E-state index is 11.8. The monoisotopic (exact) mass is 230 g/mol. The van der Waals surface area contributed by atoms with Crippen molar-refractivity contribution in [3.8, 4) is 0 Å². The van der Waals surface area contributed by atoms with Gasteiger partial charge in [0.1, 0.15) is 5.82 Å². The first-order chi connectivity index (χ1) is 8.16. The smallest absolute Gasteiger partial charge is 0.230 e. The molecule has 0 saturated carbocycles. The predicted molar refractivity (Wildman–Crippen MR) is 66.4 cm³/mol. The van der Waals surface area contributed by atoms with E-state index in [9.17, 15) is 4.79 Å². The second kappa shape index (κ2) is 4.69. The molecule has 0 bridgehead atoms. The van der Waals surface area contributed by atoms with Gasteiger partial charge in [0.15, 0.2) is 0 Å². The maximum Gasteiger partial charge on any atom is 0.230 e. The van der Waals surface area contributed by atoms with Crippen LogP contribution in [0.4, 0.5) is 11.5 Å². The molecule has 0 unspecified atom stereocenters. The Hall–Kier alpha value is -2.30. The van der Waals surface area contributed by atoms with E-state index >= 15 is 0 Å². The van der Waals surface area contributed by atoms with Crippen molar-refractivity contribution in [3.05, 3.63) is 42.1 Å². The van der Waals surface area contributed by atoms with Crippen LogP contribution in [0, 0.1) is 0 Å². The quantitative estimate of drug-likeness (QED) is 0.778. The first-order valence-electron chi connectivity index (χ1n) is 5.28. The fourth-order valence-corrected chi connectivity index (χ4v) is 1.55. The molecule has 1 amide bonds. The van der Waals surface area contributed by atoms with Crippen molar-refractivity contribution in [1.82, 2.24) is 9.78 Å². The third kappa shape index (κ3) is 2.63. The third-order valence-corrected chi connectivity index (χ3v) is 2.49. The second-order valence-electron chi connectivity index (χ2n) is 3.76. The Morgan fingerprint density at radius 3 is 2.82 bits per heavy atom. The maximum absolute atomic E-state index is 11.8. The summed E-state index contributed by atoms with van der Waals surface area (Å²) in [6, 6.07) is 9.08. The number of hydrogen-bond donors (Lipinski definition) is 2. The molecule has 0 aliphatic carbocycles. The molecule has 0 radical (unpaired) electrons. The number of nitrogens with one attached hydrogen (secondary N) is 1. The molecule has 1 aromatic carbocycles. The molecule has 88 valence electrons. The highest BCUT2D eigenvalue weighted by atomic mass is 16.1. The number of amides is 1. The van der Waals surface area contributed by atoms with E-state index in [0.29, 0.717) is 11.5 Å². The number of carbonyl (C=O) groups is 1. The highest BCUT2D eigenvalue weighted by molar-refractivity contribution is 5.92. The largest absolute Gasteiger partial charge is 0.398 e. The van der Waals surface area contributed by atoms with Crippen molar-refractivity contribution in [2.24, 2.45) is 7.05 Å². The lowest BCUT2D eigenvalue weighted by Gasteiger charge is -2.07. The van der Waals surface area contributed by atoms with Crippen LogP contribution in [0.1, 0.15) is 5.56 Å². The van der Waals surface area contributed by atoms with E-state index in [0.717, 1.165) is 5.56 Å². The Labute approximate surface area is 99.2 Å². The summed E-state index contributed by atoms with van der Waals surface area (Å²) >= 11 is 0. The molecule has 0 fully saturated rings. The Morgan fingerprint density at radius 1 is 1.41 bits per heavy atom. The van der Waals surface area contributed by atoms with Crippen molar-refractivity contribution in [2.45, 2.75) is 6.42 Å². The van der Waals surface area contributed by atoms with Gasteiger partial charge in [0.25, 0.3) is 0 Å². The van der Waals surface area contributed by atoms with Crippen molar-refractivity contribution in [3.63, 3.8) is 0 Å². The molecule has 1 heterocycles. The van der Waals surface area contributed by atoms with Crippen LogP contribution in [-0.2, 0) is 18.3 Å². The van der Waals surface area contributed by atoms with Crippen LogP contribution < -0.4 is 11.1 Å². The van der Waals surface area contributed by atoms with Gasteiger partial charge < -0.3 is 11.1 Å². The lowest BCUT2D eigenvalue weighted by atomic mass is 10.1. The number of benzene rings is 1. The summed E-state index contributed by atoms with van der Waals surface area (Å²) in [5.74, 6) is 0.566. The first kappa shape index (κ1) is 11.2. The van der Waals surface area contributed by atoms with Crippen LogP contribution in [0.3, 0.4) is 0 Å². The topological polar surface area (TPSA) is 72.9 Å². The van der Waals surface area contributed by atoms with E-state index in [1.807, 2.05) is 18.2 Å². The lowest BCUT2D eigenvalue weighted by molar-refractivity contribution is -0.115. The summed E-state index contributed by atoms with van der Waals surface area (Å²) in [6.07, 6.45) is 1.89. The van der Waals surface area contributed by atoms with Gasteiger partial charge in [0.2, 0.25) is 5.91 Å². The highest BCUT2D eigenvalue weighted by Gasteiger charge is 2.07. The zero-order chi connectivity index (χ0) is 12.3. The molecule has 0 atom stereocenters. The van der Waals surface area contributed by atoms with Crippen molar-refractivity contribution in [2.75, 3.05) is 11.1 Å². The molecule has 0 aliphatic heterocycles. The van der Waals surface area contributed by atoms with Crippen LogP contribution in [-0.4, -0.2) is 15.7 Å². The molecule has 5 heteroatoms. The van der Waals surface area contributed by atoms with Crippen molar-refractivity contribution >= 4 is 17.4 Å². The summed E-state index contributed by atoms with van der Waals surface area (Å²) in [5.41, 5.74) is 7.23. The van der Waals surface area contributed by atoms with Crippen molar-refractivity contribution < 1.29 is 4.79 Å². The van der Waals surface area contributed by atoms with Gasteiger partial charge >= 0.3 is 0 Å². The predicted octanol–water partition coefficient (Wildman–Crippen LogP) is 1.18. The Balaban J connectivity index is 2.03. The number of nitrogens with two attached hydrogens (primary N) is 1. The van der Waals surface area contributed by atoms with E-state index in [4.69, 9.17) is 5.73 Å². The van der Waals surface area contributed by atoms with Crippen LogP contribution in [0.2, 0.25) is 0 Å². The summed E-state index contributed by atoms with van der Waals surface area (Å²) < 4.78 is 1.60. The minimum absolute atomic E-state index is 0.105. The number of aryl methyl sites for hydroxylation is 1. The first-order valence-corrected chi connectivity index (χ1v) is 5.28. The third-order valence-electron chi connectivity index (χ3n) is 2.49. The molecule has 0 saturated heterocycles. The molecule has 0 spiro atoms. The Bertz CT molecular complexity index is 533. The van der Waals surface area contributed by atoms with Gasteiger partial charge in [-0.25, -0.2) is 0 Å². The second-order valence-corrected chi connectivity index (χ2v) is 3.76. The summed E-state index contributed by atoms with van der Waals surface area (Å²) in [5, 5.41) is 6.74. The zero-order valence-electron chi connectivity index (χ0n) is 9.55. The Morgan fingerprint density at radius 2 is 2.18 bits per heavy atom. The molecule has 2 rings (SSSR count). The average Bonchev–Trinajstić information content (AvgIpc) is 2.68. The Kier molecular flexibility index (Phi) is 3.09. The summed E-state index contributed by atoms with van der Waals surface area (Å²) in [7, 11) is 1.77. The van der Waals surface area contributed by atoms with Gasteiger partial charge in [0.05, 0.1) is 12.6 Å². The van der Waals surface area contributed by atoms with Gasteiger partial charge in [-0.15, -0.1) is 0 Å². The number of aromatic nitrogens is 2. The fourth-order valence-electron chi connectivity index (χ4n) is 1.55. The van der Waals surface area contributed by atoms with Crippen molar-refractivity contribution in [1.29, 1.82) is 0 Å². The molecule has 0 aliphatic rings. The van der Waals surface area contributed by atoms with Gasteiger partial charge in [-0.3, -0.25) is 9.48 Å². The SMILES string of the molecule is Cn1nccc1NC(=O)Cc1ccccc1N. The van der Waals surface area contributed by atoms with E-state index < -0.39 is 0 Å². The van der Waals surface area contributed by atoms with Gasteiger partial charge in [-0.2, -0.15) is 5.10 Å². The van der Waals surface area contributed by atoms with Crippen LogP contribution in [0.15, 0.2) is 36.5 Å². The average molecular weight is 230 g/mol. The number of anilines is 2. The van der Waals surface area contributed by atoms with E-state index in [-0.39, 0.29) is 12.3 Å². The van der Waals surface area contributed by atoms with E-state index in [2.05, 4.69) is 10.4 Å². The standard InChI is InChI=1S/C12H14N4O/c1-16-11(6-7-14-16)15-12(17)8-9-4-2-3-5-10(9)13/h2-7H,8,13H2,1H3,(H,15,17). The molecule has 2 aromatic rings. The van der Waals surface area contributed by atoms with E-state index in [1.54, 1.807) is 30.1 Å². The van der Waals surface area contributed by atoms with Crippen LogP contribution in [0.25, 0.3) is 0 Å². The fraction of sp³-hybridized carbons (Fsp3) is 0.167. The van der Waals surface area contributed by atoms with Crippen LogP contribution in [0.5, 0.6) is 0 Å². The minimum atomic E-state index is -0.105. The normalized spacial score (nSPS) is 10.2. The van der Waals surface area contributed by atoms with Gasteiger partial charge in [-0.1, -0.05) is 18.2 Å². The molecule has 3 N–H and O–H groups in total. The molecular formula is C12H14N4O. The lowest BCUT2D eigenvalue weighted by Crippen LogP contribution is -2.17.